The topological polar surface area (TPSA) is 63.8 Å². The van der Waals surface area contributed by atoms with E-state index in [9.17, 15) is 0 Å². The third-order valence-corrected chi connectivity index (χ3v) is 4.29. The van der Waals surface area contributed by atoms with Gasteiger partial charge in [0.1, 0.15) is 10.7 Å². The number of nitrogens with one attached hydrogen (secondary N) is 1. The van der Waals surface area contributed by atoms with E-state index in [4.69, 9.17) is 5.84 Å². The zero-order valence-corrected chi connectivity index (χ0v) is 13.2. The first-order valence-electron chi connectivity index (χ1n) is 6.86. The fourth-order valence-electron chi connectivity index (χ4n) is 2.63. The minimum absolute atomic E-state index is 0.698. The van der Waals surface area contributed by atoms with Gasteiger partial charge in [0.05, 0.1) is 5.39 Å². The molecule has 2 heterocycles. The fourth-order valence-corrected chi connectivity index (χ4v) is 3.53. The fraction of sp³-hybridized carbons (Fsp3) is 0.250. The van der Waals surface area contributed by atoms with Gasteiger partial charge in [-0.2, -0.15) is 0 Å². The van der Waals surface area contributed by atoms with Crippen LogP contribution in [0.5, 0.6) is 0 Å². The lowest BCUT2D eigenvalue weighted by molar-refractivity contribution is 0.989. The van der Waals surface area contributed by atoms with Gasteiger partial charge in [0.15, 0.2) is 5.82 Å². The SMILES string of the molecule is Cc1cc(C)cc(Cc2nc(NN)c3cc(C)sc3n2)c1. The van der Waals surface area contributed by atoms with Crippen LogP contribution < -0.4 is 11.3 Å². The van der Waals surface area contributed by atoms with Gasteiger partial charge in [0.25, 0.3) is 0 Å². The van der Waals surface area contributed by atoms with E-state index in [0.29, 0.717) is 12.2 Å². The summed E-state index contributed by atoms with van der Waals surface area (Å²) in [5, 5.41) is 0.990. The van der Waals surface area contributed by atoms with Crippen LogP contribution in [0.2, 0.25) is 0 Å². The van der Waals surface area contributed by atoms with Crippen LogP contribution in [0.15, 0.2) is 24.3 Å². The van der Waals surface area contributed by atoms with Gasteiger partial charge >= 0.3 is 0 Å². The third kappa shape index (κ3) is 2.89. The van der Waals surface area contributed by atoms with Crippen molar-refractivity contribution in [1.29, 1.82) is 0 Å². The maximum absolute atomic E-state index is 5.60. The Hall–Kier alpha value is -1.98. The molecule has 0 bridgehead atoms. The number of rotatable bonds is 3. The van der Waals surface area contributed by atoms with Gasteiger partial charge in [0, 0.05) is 11.3 Å². The second-order valence-electron chi connectivity index (χ2n) is 5.38. The number of hydrogen-bond donors (Lipinski definition) is 2. The molecule has 0 aliphatic rings. The lowest BCUT2D eigenvalue weighted by Gasteiger charge is -2.07. The van der Waals surface area contributed by atoms with Crippen molar-refractivity contribution in [3.05, 3.63) is 51.7 Å². The number of nitrogens with zero attached hydrogens (tertiary/aromatic N) is 2. The smallest absolute Gasteiger partial charge is 0.152 e. The predicted octanol–water partition coefficient (Wildman–Crippen LogP) is 3.49. The summed E-state index contributed by atoms with van der Waals surface area (Å²) < 4.78 is 0. The van der Waals surface area contributed by atoms with Crippen molar-refractivity contribution in [2.24, 2.45) is 5.84 Å². The van der Waals surface area contributed by atoms with Crippen molar-refractivity contribution in [2.75, 3.05) is 5.43 Å². The Bertz CT molecular complexity index is 787. The molecule has 0 saturated heterocycles. The average molecular weight is 298 g/mol. The Morgan fingerprint density at radius 3 is 2.43 bits per heavy atom. The molecular weight excluding hydrogens is 280 g/mol. The minimum Gasteiger partial charge on any atom is -0.308 e. The van der Waals surface area contributed by atoms with Crippen LogP contribution >= 0.6 is 11.3 Å². The number of benzene rings is 1. The third-order valence-electron chi connectivity index (χ3n) is 3.34. The van der Waals surface area contributed by atoms with E-state index in [2.05, 4.69) is 60.4 Å². The summed E-state index contributed by atoms with van der Waals surface area (Å²) in [6.07, 6.45) is 0.712. The molecule has 0 atom stereocenters. The summed E-state index contributed by atoms with van der Waals surface area (Å²) in [4.78, 5) is 11.4. The Labute approximate surface area is 128 Å². The van der Waals surface area contributed by atoms with Crippen molar-refractivity contribution in [3.8, 4) is 0 Å². The molecule has 0 aliphatic carbocycles. The van der Waals surface area contributed by atoms with Crippen molar-refractivity contribution < 1.29 is 0 Å². The minimum atomic E-state index is 0.698. The second-order valence-corrected chi connectivity index (χ2v) is 6.62. The normalized spacial score (nSPS) is 11.0. The molecule has 21 heavy (non-hydrogen) atoms. The van der Waals surface area contributed by atoms with Crippen LogP contribution in [0.25, 0.3) is 10.2 Å². The molecule has 0 radical (unpaired) electrons. The van der Waals surface area contributed by atoms with Crippen LogP contribution in [-0.2, 0) is 6.42 Å². The molecule has 3 rings (SSSR count). The molecule has 0 aliphatic heterocycles. The van der Waals surface area contributed by atoms with E-state index in [1.54, 1.807) is 11.3 Å². The first kappa shape index (κ1) is 14.0. The Morgan fingerprint density at radius 1 is 1.05 bits per heavy atom. The number of anilines is 1. The van der Waals surface area contributed by atoms with Gasteiger partial charge in [-0.25, -0.2) is 15.8 Å². The summed E-state index contributed by atoms with van der Waals surface area (Å²) in [7, 11) is 0. The number of nitrogen functional groups attached to an aromatic ring is 1. The van der Waals surface area contributed by atoms with Gasteiger partial charge in [-0.05, 0) is 32.4 Å². The van der Waals surface area contributed by atoms with E-state index in [-0.39, 0.29) is 0 Å². The molecule has 0 spiro atoms. The number of hydrazine groups is 1. The standard InChI is InChI=1S/C16H18N4S/c1-9-4-10(2)6-12(5-9)8-14-18-15(20-17)13-7-11(3)21-16(13)19-14/h4-7H,8,17H2,1-3H3,(H,18,19,20). The van der Waals surface area contributed by atoms with Crippen LogP contribution in [0.3, 0.4) is 0 Å². The number of nitrogens with two attached hydrogens (primary N) is 1. The first-order valence-corrected chi connectivity index (χ1v) is 7.67. The molecule has 2 aromatic heterocycles. The molecule has 0 amide bonds. The highest BCUT2D eigenvalue weighted by Gasteiger charge is 2.10. The van der Waals surface area contributed by atoms with Gasteiger partial charge in [-0.15, -0.1) is 11.3 Å². The average Bonchev–Trinajstić information content (AvgIpc) is 2.76. The highest BCUT2D eigenvalue weighted by molar-refractivity contribution is 7.18. The van der Waals surface area contributed by atoms with Crippen molar-refractivity contribution in [1.82, 2.24) is 9.97 Å². The number of aromatic nitrogens is 2. The van der Waals surface area contributed by atoms with Gasteiger partial charge in [-0.3, -0.25) is 0 Å². The molecule has 108 valence electrons. The number of hydrogen-bond acceptors (Lipinski definition) is 5. The molecule has 3 aromatic rings. The van der Waals surface area contributed by atoms with E-state index in [1.807, 2.05) is 0 Å². The molecule has 1 aromatic carbocycles. The summed E-state index contributed by atoms with van der Waals surface area (Å²) in [5.41, 5.74) is 6.43. The van der Waals surface area contributed by atoms with Crippen LogP contribution in [0.1, 0.15) is 27.4 Å². The Kier molecular flexibility index (Phi) is 3.61. The summed E-state index contributed by atoms with van der Waals surface area (Å²) in [5.74, 6) is 7.09. The summed E-state index contributed by atoms with van der Waals surface area (Å²) >= 11 is 1.67. The molecule has 4 nitrogen and oxygen atoms in total. The van der Waals surface area contributed by atoms with Crippen molar-refractivity contribution in [3.63, 3.8) is 0 Å². The monoisotopic (exact) mass is 298 g/mol. The second kappa shape index (κ2) is 5.42. The summed E-state index contributed by atoms with van der Waals surface area (Å²) in [6, 6.07) is 8.59. The zero-order chi connectivity index (χ0) is 15.0. The Balaban J connectivity index is 2.03. The van der Waals surface area contributed by atoms with E-state index in [0.717, 1.165) is 16.0 Å². The van der Waals surface area contributed by atoms with Crippen LogP contribution in [-0.4, -0.2) is 9.97 Å². The molecule has 0 unspecified atom stereocenters. The lowest BCUT2D eigenvalue weighted by atomic mass is 10.0. The molecule has 5 heteroatoms. The maximum atomic E-state index is 5.60. The van der Waals surface area contributed by atoms with Crippen LogP contribution in [0, 0.1) is 20.8 Å². The quantitative estimate of drug-likeness (QED) is 0.574. The molecule has 0 saturated carbocycles. The van der Waals surface area contributed by atoms with Gasteiger partial charge in [0.2, 0.25) is 0 Å². The van der Waals surface area contributed by atoms with Crippen molar-refractivity contribution in [2.45, 2.75) is 27.2 Å². The lowest BCUT2D eigenvalue weighted by Crippen LogP contribution is -2.11. The van der Waals surface area contributed by atoms with Crippen LogP contribution in [0.4, 0.5) is 5.82 Å². The largest absolute Gasteiger partial charge is 0.308 e. The van der Waals surface area contributed by atoms with E-state index >= 15 is 0 Å². The van der Waals surface area contributed by atoms with Gasteiger partial charge < -0.3 is 5.43 Å². The first-order chi connectivity index (χ1) is 10.0. The number of fused-ring (bicyclic) bond motifs is 1. The predicted molar refractivity (Wildman–Crippen MR) is 88.7 cm³/mol. The molecular formula is C16H18N4S. The maximum Gasteiger partial charge on any atom is 0.152 e. The summed E-state index contributed by atoms with van der Waals surface area (Å²) in [6.45, 7) is 6.28. The highest BCUT2D eigenvalue weighted by Crippen LogP contribution is 2.28. The Morgan fingerprint density at radius 2 is 1.76 bits per heavy atom. The van der Waals surface area contributed by atoms with Gasteiger partial charge in [-0.1, -0.05) is 29.3 Å². The highest BCUT2D eigenvalue weighted by atomic mass is 32.1. The molecule has 0 fully saturated rings. The van der Waals surface area contributed by atoms with E-state index < -0.39 is 0 Å². The molecule has 3 N–H and O–H groups in total. The van der Waals surface area contributed by atoms with Crippen molar-refractivity contribution >= 4 is 27.4 Å². The number of thiophene rings is 1. The number of aryl methyl sites for hydroxylation is 3. The zero-order valence-electron chi connectivity index (χ0n) is 12.4. The van der Waals surface area contributed by atoms with E-state index in [1.165, 1.54) is 21.6 Å².